The minimum Gasteiger partial charge on any atom is -0.337 e. The van der Waals surface area contributed by atoms with Gasteiger partial charge in [0.15, 0.2) is 0 Å². The number of benzene rings is 1. The summed E-state index contributed by atoms with van der Waals surface area (Å²) in [6.45, 7) is 2.78. The van der Waals surface area contributed by atoms with Crippen LogP contribution in [0.15, 0.2) is 24.3 Å². The molecule has 19 heavy (non-hydrogen) atoms. The van der Waals surface area contributed by atoms with Gasteiger partial charge < -0.3 is 16.0 Å². The standard InChI is InChI=1S/C13H17N3O2.ClH/c1-9(17)15-12-4-2-10(3-5-12)13(18)16-7-6-11(14)8-16;/h2-5,11H,6-8,14H2,1H3,(H,15,17);1H/t11-;/m1./s1. The first-order chi connectivity index (χ1) is 8.56. The summed E-state index contributed by atoms with van der Waals surface area (Å²) in [6, 6.07) is 6.98. The van der Waals surface area contributed by atoms with Crippen molar-refractivity contribution in [3.8, 4) is 0 Å². The molecule has 0 aromatic heterocycles. The Balaban J connectivity index is 0.00000180. The van der Waals surface area contributed by atoms with Crippen LogP contribution in [0.4, 0.5) is 5.69 Å². The number of rotatable bonds is 2. The van der Waals surface area contributed by atoms with Crippen LogP contribution in [-0.4, -0.2) is 35.8 Å². The van der Waals surface area contributed by atoms with E-state index in [0.29, 0.717) is 24.3 Å². The first kappa shape index (κ1) is 15.5. The van der Waals surface area contributed by atoms with Crippen molar-refractivity contribution in [2.24, 2.45) is 5.73 Å². The maximum absolute atomic E-state index is 12.1. The van der Waals surface area contributed by atoms with E-state index in [1.54, 1.807) is 29.2 Å². The zero-order chi connectivity index (χ0) is 13.1. The van der Waals surface area contributed by atoms with Gasteiger partial charge in [0, 0.05) is 37.3 Å². The van der Waals surface area contributed by atoms with Crippen LogP contribution in [0.2, 0.25) is 0 Å². The number of nitrogens with zero attached hydrogens (tertiary/aromatic N) is 1. The predicted octanol–water partition coefficient (Wildman–Crippen LogP) is 1.24. The van der Waals surface area contributed by atoms with Gasteiger partial charge in [0.1, 0.15) is 0 Å². The first-order valence-corrected chi connectivity index (χ1v) is 5.99. The van der Waals surface area contributed by atoms with Crippen molar-refractivity contribution in [1.82, 2.24) is 4.90 Å². The van der Waals surface area contributed by atoms with E-state index >= 15 is 0 Å². The minimum absolute atomic E-state index is 0. The van der Waals surface area contributed by atoms with Gasteiger partial charge in [-0.15, -0.1) is 12.4 Å². The quantitative estimate of drug-likeness (QED) is 0.857. The van der Waals surface area contributed by atoms with Crippen molar-refractivity contribution >= 4 is 29.9 Å². The van der Waals surface area contributed by atoms with E-state index in [1.165, 1.54) is 6.92 Å². The summed E-state index contributed by atoms with van der Waals surface area (Å²) in [5.41, 5.74) is 7.09. The molecule has 2 rings (SSSR count). The van der Waals surface area contributed by atoms with E-state index in [-0.39, 0.29) is 30.3 Å². The number of likely N-dealkylation sites (tertiary alicyclic amines) is 1. The molecular weight excluding hydrogens is 266 g/mol. The average Bonchev–Trinajstić information content (AvgIpc) is 2.75. The van der Waals surface area contributed by atoms with Gasteiger partial charge in [0.2, 0.25) is 5.91 Å². The van der Waals surface area contributed by atoms with Gasteiger partial charge in [0.25, 0.3) is 5.91 Å². The van der Waals surface area contributed by atoms with E-state index in [0.717, 1.165) is 6.42 Å². The van der Waals surface area contributed by atoms with Crippen LogP contribution < -0.4 is 11.1 Å². The lowest BCUT2D eigenvalue weighted by Crippen LogP contribution is -2.31. The van der Waals surface area contributed by atoms with Crippen LogP contribution >= 0.6 is 12.4 Å². The molecule has 0 saturated carbocycles. The summed E-state index contributed by atoms with van der Waals surface area (Å²) in [7, 11) is 0. The van der Waals surface area contributed by atoms with Crippen molar-refractivity contribution in [1.29, 1.82) is 0 Å². The van der Waals surface area contributed by atoms with Gasteiger partial charge in [-0.2, -0.15) is 0 Å². The van der Waals surface area contributed by atoms with Crippen LogP contribution in [0.3, 0.4) is 0 Å². The summed E-state index contributed by atoms with van der Waals surface area (Å²) in [5.74, 6) is -0.128. The number of halogens is 1. The summed E-state index contributed by atoms with van der Waals surface area (Å²) in [6.07, 6.45) is 0.857. The fraction of sp³-hybridized carbons (Fsp3) is 0.385. The third-order valence-electron chi connectivity index (χ3n) is 2.96. The lowest BCUT2D eigenvalue weighted by molar-refractivity contribution is -0.114. The van der Waals surface area contributed by atoms with Crippen LogP contribution in [0.1, 0.15) is 23.7 Å². The second-order valence-electron chi connectivity index (χ2n) is 4.56. The molecule has 1 heterocycles. The Morgan fingerprint density at radius 1 is 1.32 bits per heavy atom. The Labute approximate surface area is 118 Å². The van der Waals surface area contributed by atoms with Crippen molar-refractivity contribution in [3.05, 3.63) is 29.8 Å². The molecule has 3 N–H and O–H groups in total. The molecule has 0 unspecified atom stereocenters. The second-order valence-corrected chi connectivity index (χ2v) is 4.56. The van der Waals surface area contributed by atoms with E-state index in [9.17, 15) is 9.59 Å². The minimum atomic E-state index is -0.125. The average molecular weight is 284 g/mol. The van der Waals surface area contributed by atoms with Crippen LogP contribution in [0.5, 0.6) is 0 Å². The molecule has 104 valence electrons. The van der Waals surface area contributed by atoms with Gasteiger partial charge in [-0.3, -0.25) is 9.59 Å². The molecule has 0 spiro atoms. The van der Waals surface area contributed by atoms with E-state index < -0.39 is 0 Å². The highest BCUT2D eigenvalue weighted by Gasteiger charge is 2.24. The van der Waals surface area contributed by atoms with Crippen molar-refractivity contribution in [2.75, 3.05) is 18.4 Å². The Bertz CT molecular complexity index is 461. The van der Waals surface area contributed by atoms with Crippen LogP contribution in [-0.2, 0) is 4.79 Å². The van der Waals surface area contributed by atoms with Crippen LogP contribution in [0.25, 0.3) is 0 Å². The molecule has 0 aliphatic carbocycles. The molecule has 6 heteroatoms. The Morgan fingerprint density at radius 3 is 2.42 bits per heavy atom. The number of carbonyl (C=O) groups excluding carboxylic acids is 2. The number of anilines is 1. The van der Waals surface area contributed by atoms with Crippen LogP contribution in [0, 0.1) is 0 Å². The molecule has 0 bridgehead atoms. The topological polar surface area (TPSA) is 75.4 Å². The Hall–Kier alpha value is -1.59. The number of hydrogen-bond acceptors (Lipinski definition) is 3. The fourth-order valence-electron chi connectivity index (χ4n) is 2.05. The van der Waals surface area contributed by atoms with Crippen molar-refractivity contribution < 1.29 is 9.59 Å². The van der Waals surface area contributed by atoms with Gasteiger partial charge >= 0.3 is 0 Å². The molecule has 1 saturated heterocycles. The summed E-state index contributed by atoms with van der Waals surface area (Å²) in [5, 5.41) is 2.66. The zero-order valence-electron chi connectivity index (χ0n) is 10.8. The Kier molecular flexibility index (Phi) is 5.32. The monoisotopic (exact) mass is 283 g/mol. The molecule has 1 atom stereocenters. The maximum Gasteiger partial charge on any atom is 0.253 e. The van der Waals surface area contributed by atoms with E-state index in [1.807, 2.05) is 0 Å². The lowest BCUT2D eigenvalue weighted by atomic mass is 10.2. The third-order valence-corrected chi connectivity index (χ3v) is 2.96. The van der Waals surface area contributed by atoms with Gasteiger partial charge in [-0.25, -0.2) is 0 Å². The highest BCUT2D eigenvalue weighted by molar-refractivity contribution is 5.95. The van der Waals surface area contributed by atoms with Gasteiger partial charge in [-0.05, 0) is 30.7 Å². The first-order valence-electron chi connectivity index (χ1n) is 5.99. The summed E-state index contributed by atoms with van der Waals surface area (Å²) in [4.78, 5) is 24.7. The van der Waals surface area contributed by atoms with Gasteiger partial charge in [-0.1, -0.05) is 0 Å². The molecule has 1 fully saturated rings. The molecule has 1 aromatic rings. The zero-order valence-corrected chi connectivity index (χ0v) is 11.6. The van der Waals surface area contributed by atoms with Gasteiger partial charge in [0.05, 0.1) is 0 Å². The number of amides is 2. The molecule has 2 amide bonds. The highest BCUT2D eigenvalue weighted by Crippen LogP contribution is 2.15. The normalized spacial score (nSPS) is 17.8. The number of nitrogens with two attached hydrogens (primary N) is 1. The fourth-order valence-corrected chi connectivity index (χ4v) is 2.05. The van der Waals surface area contributed by atoms with Crippen molar-refractivity contribution in [2.45, 2.75) is 19.4 Å². The third kappa shape index (κ3) is 3.94. The lowest BCUT2D eigenvalue weighted by Gasteiger charge is -2.15. The van der Waals surface area contributed by atoms with Crippen molar-refractivity contribution in [3.63, 3.8) is 0 Å². The predicted molar refractivity (Wildman–Crippen MR) is 76.5 cm³/mol. The molecule has 5 nitrogen and oxygen atoms in total. The smallest absolute Gasteiger partial charge is 0.253 e. The molecular formula is C13H18ClN3O2. The summed E-state index contributed by atoms with van der Waals surface area (Å²) >= 11 is 0. The maximum atomic E-state index is 12.1. The molecule has 1 aliphatic rings. The number of hydrogen-bond donors (Lipinski definition) is 2. The van der Waals surface area contributed by atoms with E-state index in [4.69, 9.17) is 5.73 Å². The molecule has 1 aliphatic heterocycles. The van der Waals surface area contributed by atoms with E-state index in [2.05, 4.69) is 5.32 Å². The Morgan fingerprint density at radius 2 is 1.95 bits per heavy atom. The molecule has 1 aromatic carbocycles. The number of nitrogens with one attached hydrogen (secondary N) is 1. The summed E-state index contributed by atoms with van der Waals surface area (Å²) < 4.78 is 0. The number of carbonyl (C=O) groups is 2. The SMILES string of the molecule is CC(=O)Nc1ccc(C(=O)N2CC[C@@H](N)C2)cc1.Cl. The second kappa shape index (κ2) is 6.54. The largest absolute Gasteiger partial charge is 0.337 e. The highest BCUT2D eigenvalue weighted by atomic mass is 35.5. The molecule has 0 radical (unpaired) electrons.